The van der Waals surface area contributed by atoms with Crippen molar-refractivity contribution in [3.05, 3.63) is 53.9 Å². The van der Waals surface area contributed by atoms with Gasteiger partial charge in [0.25, 0.3) is 0 Å². The first-order valence-corrected chi connectivity index (χ1v) is 8.76. The molecule has 3 heterocycles. The Morgan fingerprint density at radius 2 is 1.96 bits per heavy atom. The molecule has 2 aliphatic heterocycles. The lowest BCUT2D eigenvalue weighted by Crippen LogP contribution is -2.52. The van der Waals surface area contributed by atoms with Crippen LogP contribution in [0.25, 0.3) is 0 Å². The van der Waals surface area contributed by atoms with Crippen LogP contribution in [0.15, 0.2) is 42.7 Å². The Hall–Kier alpha value is -2.34. The van der Waals surface area contributed by atoms with Crippen LogP contribution >= 0.6 is 0 Å². The molecular weight excluding hydrogens is 318 g/mol. The summed E-state index contributed by atoms with van der Waals surface area (Å²) in [7, 11) is 1.84. The molecule has 6 nitrogen and oxygen atoms in total. The van der Waals surface area contributed by atoms with Crippen LogP contribution in [-0.4, -0.2) is 38.0 Å². The van der Waals surface area contributed by atoms with Gasteiger partial charge in [0.15, 0.2) is 0 Å². The van der Waals surface area contributed by atoms with Gasteiger partial charge in [-0.1, -0.05) is 30.3 Å². The molecule has 0 aliphatic carbocycles. The minimum absolute atomic E-state index is 0.0206. The minimum Gasteiger partial charge on any atom is -0.445 e. The highest BCUT2D eigenvalue weighted by molar-refractivity contribution is 5.69. The lowest BCUT2D eigenvalue weighted by Gasteiger charge is -2.42. The van der Waals surface area contributed by atoms with Gasteiger partial charge in [-0.25, -0.2) is 4.79 Å². The van der Waals surface area contributed by atoms with E-state index in [9.17, 15) is 9.90 Å². The number of carbonyl (C=O) groups is 1. The Balaban J connectivity index is 1.44. The van der Waals surface area contributed by atoms with Gasteiger partial charge in [-0.15, -0.1) is 0 Å². The van der Waals surface area contributed by atoms with Crippen LogP contribution in [0.4, 0.5) is 4.79 Å². The van der Waals surface area contributed by atoms with Gasteiger partial charge in [-0.05, 0) is 18.4 Å². The van der Waals surface area contributed by atoms with Gasteiger partial charge >= 0.3 is 6.09 Å². The largest absolute Gasteiger partial charge is 0.445 e. The highest BCUT2D eigenvalue weighted by Gasteiger charge is 2.51. The molecule has 2 atom stereocenters. The fourth-order valence-electron chi connectivity index (χ4n) is 4.21. The van der Waals surface area contributed by atoms with Crippen LogP contribution in [0, 0.1) is 0 Å². The number of amides is 1. The molecule has 0 radical (unpaired) electrons. The fraction of sp³-hybridized carbons (Fsp3) is 0.474. The standard InChI is InChI=1S/C19H23N3O3/c1-21-12-15(11-20-21)19(24)9-16-7-8-17(10-19)22(16)18(23)25-13-14-5-3-2-4-6-14/h2-6,11-12,16-17,24H,7-10,13H2,1H3. The molecule has 1 N–H and O–H groups in total. The van der Waals surface area contributed by atoms with Gasteiger partial charge in [0.05, 0.1) is 11.8 Å². The van der Waals surface area contributed by atoms with Gasteiger partial charge in [-0.2, -0.15) is 5.10 Å². The zero-order valence-corrected chi connectivity index (χ0v) is 14.3. The summed E-state index contributed by atoms with van der Waals surface area (Å²) in [5.41, 5.74) is 0.910. The molecule has 132 valence electrons. The van der Waals surface area contributed by atoms with Crippen molar-refractivity contribution < 1.29 is 14.6 Å². The minimum atomic E-state index is -0.906. The number of benzene rings is 1. The highest BCUT2D eigenvalue weighted by Crippen LogP contribution is 2.45. The molecule has 1 aromatic heterocycles. The van der Waals surface area contributed by atoms with E-state index in [-0.39, 0.29) is 24.8 Å². The smallest absolute Gasteiger partial charge is 0.410 e. The molecular formula is C19H23N3O3. The van der Waals surface area contributed by atoms with Crippen molar-refractivity contribution in [2.75, 3.05) is 0 Å². The number of hydrogen-bond donors (Lipinski definition) is 1. The Bertz CT molecular complexity index is 744. The molecule has 0 spiro atoms. The van der Waals surface area contributed by atoms with Gasteiger partial charge in [0.1, 0.15) is 6.61 Å². The molecule has 2 bridgehead atoms. The highest BCUT2D eigenvalue weighted by atomic mass is 16.6. The van der Waals surface area contributed by atoms with Crippen LogP contribution < -0.4 is 0 Å². The van der Waals surface area contributed by atoms with Crippen molar-refractivity contribution in [1.82, 2.24) is 14.7 Å². The number of aryl methyl sites for hydroxylation is 1. The van der Waals surface area contributed by atoms with Gasteiger partial charge < -0.3 is 14.7 Å². The second-order valence-electron chi connectivity index (χ2n) is 7.17. The molecule has 0 saturated carbocycles. The Morgan fingerprint density at radius 3 is 2.56 bits per heavy atom. The third-order valence-electron chi connectivity index (χ3n) is 5.42. The average Bonchev–Trinajstić information content (AvgIpc) is 3.16. The Morgan fingerprint density at radius 1 is 1.28 bits per heavy atom. The molecule has 2 aliphatic rings. The van der Waals surface area contributed by atoms with Crippen LogP contribution in [0.3, 0.4) is 0 Å². The van der Waals surface area contributed by atoms with Crippen LogP contribution in [0.5, 0.6) is 0 Å². The maximum Gasteiger partial charge on any atom is 0.410 e. The summed E-state index contributed by atoms with van der Waals surface area (Å²) in [6.45, 7) is 0.280. The summed E-state index contributed by atoms with van der Waals surface area (Å²) in [4.78, 5) is 14.4. The van der Waals surface area contributed by atoms with Crippen LogP contribution in [0.2, 0.25) is 0 Å². The summed E-state index contributed by atoms with van der Waals surface area (Å²) in [6, 6.07) is 9.73. The summed E-state index contributed by atoms with van der Waals surface area (Å²) in [5.74, 6) is 0. The van der Waals surface area contributed by atoms with E-state index < -0.39 is 5.60 Å². The first-order chi connectivity index (χ1) is 12.0. The average molecular weight is 341 g/mol. The number of aromatic nitrogens is 2. The summed E-state index contributed by atoms with van der Waals surface area (Å²) >= 11 is 0. The number of fused-ring (bicyclic) bond motifs is 2. The van der Waals surface area contributed by atoms with Crippen molar-refractivity contribution in [3.63, 3.8) is 0 Å². The van der Waals surface area contributed by atoms with E-state index in [0.717, 1.165) is 24.0 Å². The first-order valence-electron chi connectivity index (χ1n) is 8.76. The quantitative estimate of drug-likeness (QED) is 0.932. The van der Waals surface area contributed by atoms with E-state index in [1.165, 1.54) is 0 Å². The third kappa shape index (κ3) is 3.02. The number of piperidine rings is 1. The van der Waals surface area contributed by atoms with Gasteiger partial charge in [0.2, 0.25) is 0 Å². The normalized spacial score (nSPS) is 28.2. The molecule has 25 heavy (non-hydrogen) atoms. The molecule has 2 aromatic rings. The Kier molecular flexibility index (Phi) is 4.00. The molecule has 2 unspecified atom stereocenters. The third-order valence-corrected chi connectivity index (χ3v) is 5.42. The predicted octanol–water partition coefficient (Wildman–Crippen LogP) is 2.57. The zero-order chi connectivity index (χ0) is 17.4. The summed E-state index contributed by atoms with van der Waals surface area (Å²) in [6.07, 6.45) is 6.21. The number of hydrogen-bond acceptors (Lipinski definition) is 4. The van der Waals surface area contributed by atoms with Gasteiger partial charge in [-0.3, -0.25) is 4.68 Å². The number of carbonyl (C=O) groups excluding carboxylic acids is 1. The van der Waals surface area contributed by atoms with Crippen molar-refractivity contribution in [2.24, 2.45) is 7.05 Å². The van der Waals surface area contributed by atoms with E-state index >= 15 is 0 Å². The van der Waals surface area contributed by atoms with E-state index in [0.29, 0.717) is 12.8 Å². The molecule has 1 aromatic carbocycles. The number of rotatable bonds is 3. The topological polar surface area (TPSA) is 67.6 Å². The lowest BCUT2D eigenvalue weighted by molar-refractivity contribution is -0.0537. The lowest BCUT2D eigenvalue weighted by atomic mass is 9.82. The van der Waals surface area contributed by atoms with Crippen molar-refractivity contribution >= 4 is 6.09 Å². The Labute approximate surface area is 147 Å². The maximum atomic E-state index is 12.6. The van der Waals surface area contributed by atoms with E-state index in [1.807, 2.05) is 48.5 Å². The molecule has 2 saturated heterocycles. The second kappa shape index (κ2) is 6.19. The molecule has 6 heteroatoms. The second-order valence-corrected chi connectivity index (χ2v) is 7.17. The van der Waals surface area contributed by atoms with Gasteiger partial charge in [0, 0.05) is 43.7 Å². The summed E-state index contributed by atoms with van der Waals surface area (Å²) in [5, 5.41) is 15.3. The van der Waals surface area contributed by atoms with E-state index in [2.05, 4.69) is 5.10 Å². The molecule has 1 amide bonds. The number of nitrogens with zero attached hydrogens (tertiary/aromatic N) is 3. The molecule has 4 rings (SSSR count). The van der Waals surface area contributed by atoms with Crippen molar-refractivity contribution in [1.29, 1.82) is 0 Å². The predicted molar refractivity (Wildman–Crippen MR) is 91.6 cm³/mol. The van der Waals surface area contributed by atoms with E-state index in [4.69, 9.17) is 4.74 Å². The molecule has 2 fully saturated rings. The zero-order valence-electron chi connectivity index (χ0n) is 14.3. The van der Waals surface area contributed by atoms with E-state index in [1.54, 1.807) is 10.9 Å². The SMILES string of the molecule is Cn1cc(C2(O)CC3CCC(C2)N3C(=O)OCc2ccccc2)cn1. The monoisotopic (exact) mass is 341 g/mol. The number of aliphatic hydroxyl groups is 1. The fourth-order valence-corrected chi connectivity index (χ4v) is 4.21. The maximum absolute atomic E-state index is 12.6. The van der Waals surface area contributed by atoms with Crippen LogP contribution in [0.1, 0.15) is 36.8 Å². The summed E-state index contributed by atoms with van der Waals surface area (Å²) < 4.78 is 7.22. The number of ether oxygens (including phenoxy) is 1. The van der Waals surface area contributed by atoms with Crippen molar-refractivity contribution in [2.45, 2.75) is 50.0 Å². The first kappa shape index (κ1) is 16.1. The van der Waals surface area contributed by atoms with Crippen molar-refractivity contribution in [3.8, 4) is 0 Å². The van der Waals surface area contributed by atoms with Crippen LogP contribution in [-0.2, 0) is 24.0 Å².